The summed E-state index contributed by atoms with van der Waals surface area (Å²) in [7, 11) is 0. The van der Waals surface area contributed by atoms with Gasteiger partial charge in [-0.15, -0.1) is 11.8 Å². The number of carbonyl (C=O) groups excluding carboxylic acids is 1. The van der Waals surface area contributed by atoms with Gasteiger partial charge in [-0.05, 0) is 30.7 Å². The highest BCUT2D eigenvalue weighted by molar-refractivity contribution is 8.00. The number of aryl methyl sites for hydroxylation is 1. The van der Waals surface area contributed by atoms with Crippen LogP contribution in [0.25, 0.3) is 0 Å². The Labute approximate surface area is 147 Å². The number of pyridine rings is 2. The lowest BCUT2D eigenvalue weighted by atomic mass is 10.2. The summed E-state index contributed by atoms with van der Waals surface area (Å²) >= 11 is 1.57. The van der Waals surface area contributed by atoms with E-state index in [0.717, 1.165) is 43.3 Å². The molecule has 0 spiro atoms. The molecule has 1 amide bonds. The van der Waals surface area contributed by atoms with E-state index in [0.29, 0.717) is 5.75 Å². The maximum absolute atomic E-state index is 12.3. The average Bonchev–Trinajstić information content (AvgIpc) is 2.63. The van der Waals surface area contributed by atoms with Gasteiger partial charge in [0.2, 0.25) is 5.91 Å². The van der Waals surface area contributed by atoms with Gasteiger partial charge in [0.05, 0.1) is 11.4 Å². The molecule has 0 bridgehead atoms. The number of hydrogen-bond donors (Lipinski definition) is 0. The molecule has 0 aromatic carbocycles. The third-order valence-corrected chi connectivity index (χ3v) is 5.23. The SMILES string of the molecule is Cc1cccnc1CN1CCN(C(=O)CSc2ccncc2)CC1. The molecule has 24 heavy (non-hydrogen) atoms. The first kappa shape index (κ1) is 16.9. The first-order valence-electron chi connectivity index (χ1n) is 8.16. The van der Waals surface area contributed by atoms with E-state index in [1.165, 1.54) is 5.56 Å². The maximum Gasteiger partial charge on any atom is 0.233 e. The Morgan fingerprint density at radius 1 is 1.12 bits per heavy atom. The number of hydrogen-bond acceptors (Lipinski definition) is 5. The lowest BCUT2D eigenvalue weighted by molar-refractivity contribution is -0.130. The van der Waals surface area contributed by atoms with Crippen LogP contribution in [-0.2, 0) is 11.3 Å². The zero-order chi connectivity index (χ0) is 16.8. The van der Waals surface area contributed by atoms with Crippen molar-refractivity contribution in [1.29, 1.82) is 0 Å². The summed E-state index contributed by atoms with van der Waals surface area (Å²) in [6.45, 7) is 6.35. The first-order valence-corrected chi connectivity index (χ1v) is 9.14. The summed E-state index contributed by atoms with van der Waals surface area (Å²) < 4.78 is 0. The Hall–Kier alpha value is -1.92. The molecule has 0 unspecified atom stereocenters. The highest BCUT2D eigenvalue weighted by atomic mass is 32.2. The van der Waals surface area contributed by atoms with Crippen LogP contribution in [0.4, 0.5) is 0 Å². The molecule has 1 saturated heterocycles. The molecule has 2 aromatic rings. The van der Waals surface area contributed by atoms with Gasteiger partial charge in [-0.3, -0.25) is 19.7 Å². The van der Waals surface area contributed by atoms with Crippen LogP contribution in [0.5, 0.6) is 0 Å². The molecular weight excluding hydrogens is 320 g/mol. The minimum absolute atomic E-state index is 0.213. The van der Waals surface area contributed by atoms with Crippen LogP contribution in [0.1, 0.15) is 11.3 Å². The number of aromatic nitrogens is 2. The van der Waals surface area contributed by atoms with Gasteiger partial charge >= 0.3 is 0 Å². The van der Waals surface area contributed by atoms with Crippen molar-refractivity contribution in [3.63, 3.8) is 0 Å². The minimum atomic E-state index is 0.213. The third-order valence-electron chi connectivity index (χ3n) is 4.23. The quantitative estimate of drug-likeness (QED) is 0.780. The topological polar surface area (TPSA) is 49.3 Å². The Balaban J connectivity index is 1.44. The van der Waals surface area contributed by atoms with Crippen LogP contribution >= 0.6 is 11.8 Å². The summed E-state index contributed by atoms with van der Waals surface area (Å²) in [5.41, 5.74) is 2.36. The molecule has 0 aliphatic carbocycles. The highest BCUT2D eigenvalue weighted by Gasteiger charge is 2.21. The summed E-state index contributed by atoms with van der Waals surface area (Å²) in [5, 5.41) is 0. The second-order valence-electron chi connectivity index (χ2n) is 5.90. The van der Waals surface area contributed by atoms with E-state index >= 15 is 0 Å². The standard InChI is InChI=1S/C18H22N4OS/c1-15-3-2-6-20-17(15)13-21-9-11-22(12-10-21)18(23)14-24-16-4-7-19-8-5-16/h2-8H,9-14H2,1H3. The summed E-state index contributed by atoms with van der Waals surface area (Å²) in [4.78, 5) is 26.2. The number of thioether (sulfide) groups is 1. The number of rotatable bonds is 5. The molecule has 0 saturated carbocycles. The molecule has 1 aliphatic heterocycles. The van der Waals surface area contributed by atoms with Crippen molar-refractivity contribution >= 4 is 17.7 Å². The number of carbonyl (C=O) groups is 1. The van der Waals surface area contributed by atoms with Crippen molar-refractivity contribution in [2.24, 2.45) is 0 Å². The van der Waals surface area contributed by atoms with Gasteiger partial charge in [-0.25, -0.2) is 0 Å². The molecule has 3 heterocycles. The van der Waals surface area contributed by atoms with Crippen LogP contribution in [0.3, 0.4) is 0 Å². The monoisotopic (exact) mass is 342 g/mol. The van der Waals surface area contributed by atoms with Crippen molar-refractivity contribution in [1.82, 2.24) is 19.8 Å². The maximum atomic E-state index is 12.3. The predicted molar refractivity (Wildman–Crippen MR) is 95.8 cm³/mol. The van der Waals surface area contributed by atoms with Crippen LogP contribution in [-0.4, -0.2) is 57.6 Å². The smallest absolute Gasteiger partial charge is 0.233 e. The van der Waals surface area contributed by atoms with Gasteiger partial charge in [0.25, 0.3) is 0 Å². The average molecular weight is 342 g/mol. The van der Waals surface area contributed by atoms with Crippen molar-refractivity contribution in [2.75, 3.05) is 31.9 Å². The summed E-state index contributed by atoms with van der Waals surface area (Å²) in [6.07, 6.45) is 5.36. The second kappa shape index (κ2) is 8.26. The Morgan fingerprint density at radius 3 is 2.58 bits per heavy atom. The number of piperazine rings is 1. The summed E-state index contributed by atoms with van der Waals surface area (Å²) in [5.74, 6) is 0.703. The van der Waals surface area contributed by atoms with Gasteiger partial charge < -0.3 is 4.90 Å². The van der Waals surface area contributed by atoms with E-state index in [-0.39, 0.29) is 5.91 Å². The third kappa shape index (κ3) is 4.55. The van der Waals surface area contributed by atoms with Crippen LogP contribution in [0, 0.1) is 6.92 Å². The molecule has 126 valence electrons. The van der Waals surface area contributed by atoms with Gasteiger partial charge in [-0.2, -0.15) is 0 Å². The second-order valence-corrected chi connectivity index (χ2v) is 6.94. The minimum Gasteiger partial charge on any atom is -0.339 e. The molecule has 3 rings (SSSR count). The van der Waals surface area contributed by atoms with Gasteiger partial charge in [0.1, 0.15) is 0 Å². The van der Waals surface area contributed by atoms with Gasteiger partial charge in [0.15, 0.2) is 0 Å². The zero-order valence-corrected chi connectivity index (χ0v) is 14.7. The lowest BCUT2D eigenvalue weighted by Crippen LogP contribution is -2.48. The number of nitrogens with zero attached hydrogens (tertiary/aromatic N) is 4. The van der Waals surface area contributed by atoms with Crippen molar-refractivity contribution in [3.05, 3.63) is 54.1 Å². The van der Waals surface area contributed by atoms with Crippen LogP contribution in [0.2, 0.25) is 0 Å². The zero-order valence-electron chi connectivity index (χ0n) is 13.9. The molecule has 2 aromatic heterocycles. The normalized spacial score (nSPS) is 15.5. The largest absolute Gasteiger partial charge is 0.339 e. The Bertz CT molecular complexity index is 672. The van der Waals surface area contributed by atoms with E-state index < -0.39 is 0 Å². The fourth-order valence-corrected chi connectivity index (χ4v) is 3.51. The van der Waals surface area contributed by atoms with Gasteiger partial charge in [0, 0.05) is 56.2 Å². The first-order chi connectivity index (χ1) is 11.7. The molecule has 1 fully saturated rings. The predicted octanol–water partition coefficient (Wildman–Crippen LogP) is 2.22. The van der Waals surface area contributed by atoms with E-state index in [1.54, 1.807) is 24.2 Å². The molecule has 1 aliphatic rings. The lowest BCUT2D eigenvalue weighted by Gasteiger charge is -2.34. The van der Waals surface area contributed by atoms with E-state index in [9.17, 15) is 4.79 Å². The van der Waals surface area contributed by atoms with Crippen LogP contribution < -0.4 is 0 Å². The molecule has 0 radical (unpaired) electrons. The van der Waals surface area contributed by atoms with Crippen molar-refractivity contribution in [2.45, 2.75) is 18.4 Å². The van der Waals surface area contributed by atoms with Crippen molar-refractivity contribution < 1.29 is 4.79 Å². The Kier molecular flexibility index (Phi) is 5.82. The van der Waals surface area contributed by atoms with Crippen LogP contribution in [0.15, 0.2) is 47.8 Å². The Morgan fingerprint density at radius 2 is 1.88 bits per heavy atom. The van der Waals surface area contributed by atoms with E-state index in [2.05, 4.69) is 27.9 Å². The highest BCUT2D eigenvalue weighted by Crippen LogP contribution is 2.17. The molecule has 5 nitrogen and oxygen atoms in total. The van der Waals surface area contributed by atoms with E-state index in [1.807, 2.05) is 29.3 Å². The fraction of sp³-hybridized carbons (Fsp3) is 0.389. The van der Waals surface area contributed by atoms with E-state index in [4.69, 9.17) is 0 Å². The fourth-order valence-electron chi connectivity index (χ4n) is 2.72. The summed E-state index contributed by atoms with van der Waals surface area (Å²) in [6, 6.07) is 7.94. The molecule has 0 atom stereocenters. The molecule has 6 heteroatoms. The molecular formula is C18H22N4OS. The molecule has 0 N–H and O–H groups in total. The van der Waals surface area contributed by atoms with Crippen molar-refractivity contribution in [3.8, 4) is 0 Å². The van der Waals surface area contributed by atoms with Gasteiger partial charge in [-0.1, -0.05) is 6.07 Å². The number of amides is 1.